The number of aromatic nitrogens is 5. The summed E-state index contributed by atoms with van der Waals surface area (Å²) in [6, 6.07) is 9.57. The lowest BCUT2D eigenvalue weighted by Gasteiger charge is -2.18. The lowest BCUT2D eigenvalue weighted by atomic mass is 9.88. The third-order valence-electron chi connectivity index (χ3n) is 4.81. The molecule has 1 aliphatic carbocycles. The molecule has 1 atom stereocenters. The minimum atomic E-state index is -0.0234. The molecule has 4 aromatic rings. The van der Waals surface area contributed by atoms with Crippen LogP contribution >= 0.6 is 11.3 Å². The van der Waals surface area contributed by atoms with Gasteiger partial charge in [0.25, 0.3) is 11.3 Å². The average Bonchev–Trinajstić information content (AvgIpc) is 3.21. The van der Waals surface area contributed by atoms with Crippen molar-refractivity contribution in [1.29, 1.82) is 0 Å². The van der Waals surface area contributed by atoms with Gasteiger partial charge in [0.05, 0.1) is 11.1 Å². The van der Waals surface area contributed by atoms with Gasteiger partial charge in [-0.3, -0.25) is 4.79 Å². The zero-order valence-electron chi connectivity index (χ0n) is 13.1. The van der Waals surface area contributed by atoms with Crippen LogP contribution in [0.15, 0.2) is 35.1 Å². The van der Waals surface area contributed by atoms with E-state index >= 15 is 0 Å². The Morgan fingerprint density at radius 2 is 2.08 bits per heavy atom. The second-order valence-corrected chi connectivity index (χ2v) is 7.36. The maximum absolute atomic E-state index is 13.4. The number of hydrogen-bond acceptors (Lipinski definition) is 5. The number of benzene rings is 1. The standard InChI is InChI=1S/C17H15N5OS/c1-10-6-5-9-12-13(10)14-15(23)21(11-7-3-2-4-8-11)17-18-19-20-22(17)16(14)24-12/h2-4,7-8,10H,5-6,9H2,1H3. The summed E-state index contributed by atoms with van der Waals surface area (Å²) < 4.78 is 3.33. The smallest absolute Gasteiger partial charge is 0.268 e. The molecule has 1 unspecified atom stereocenters. The van der Waals surface area contributed by atoms with Gasteiger partial charge in [0.1, 0.15) is 4.83 Å². The van der Waals surface area contributed by atoms with E-state index in [-0.39, 0.29) is 5.56 Å². The van der Waals surface area contributed by atoms with E-state index in [4.69, 9.17) is 0 Å². The van der Waals surface area contributed by atoms with Gasteiger partial charge in [-0.15, -0.1) is 11.3 Å². The summed E-state index contributed by atoms with van der Waals surface area (Å²) in [5.74, 6) is 0.860. The van der Waals surface area contributed by atoms with Crippen LogP contribution in [0.1, 0.15) is 36.1 Å². The van der Waals surface area contributed by atoms with Crippen molar-refractivity contribution >= 4 is 27.3 Å². The monoisotopic (exact) mass is 337 g/mol. The highest BCUT2D eigenvalue weighted by atomic mass is 32.1. The molecule has 0 saturated heterocycles. The summed E-state index contributed by atoms with van der Waals surface area (Å²) in [6.07, 6.45) is 3.33. The van der Waals surface area contributed by atoms with E-state index in [2.05, 4.69) is 22.4 Å². The first kappa shape index (κ1) is 13.9. The third kappa shape index (κ3) is 1.76. The molecule has 0 saturated carbocycles. The minimum absolute atomic E-state index is 0.0234. The van der Waals surface area contributed by atoms with Crippen molar-refractivity contribution in [2.24, 2.45) is 0 Å². The van der Waals surface area contributed by atoms with Crippen LogP contribution in [0.25, 0.3) is 21.7 Å². The van der Waals surface area contributed by atoms with Crippen molar-refractivity contribution in [3.8, 4) is 5.69 Å². The highest BCUT2D eigenvalue weighted by molar-refractivity contribution is 7.18. The molecule has 0 aliphatic heterocycles. The van der Waals surface area contributed by atoms with Gasteiger partial charge in [0.2, 0.25) is 0 Å². The summed E-state index contributed by atoms with van der Waals surface area (Å²) in [5.41, 5.74) is 1.96. The Morgan fingerprint density at radius 1 is 1.25 bits per heavy atom. The predicted molar refractivity (Wildman–Crippen MR) is 93.1 cm³/mol. The van der Waals surface area contributed by atoms with Crippen molar-refractivity contribution in [1.82, 2.24) is 24.6 Å². The molecule has 0 fully saturated rings. The molecule has 1 aromatic carbocycles. The molecule has 0 bridgehead atoms. The van der Waals surface area contributed by atoms with E-state index < -0.39 is 0 Å². The number of thiophene rings is 1. The molecule has 120 valence electrons. The fourth-order valence-electron chi connectivity index (χ4n) is 3.72. The van der Waals surface area contributed by atoms with Gasteiger partial charge in [-0.1, -0.05) is 30.2 Å². The fourth-order valence-corrected chi connectivity index (χ4v) is 5.12. The summed E-state index contributed by atoms with van der Waals surface area (Å²) in [6.45, 7) is 2.21. The number of aryl methyl sites for hydroxylation is 1. The van der Waals surface area contributed by atoms with E-state index in [1.54, 1.807) is 20.4 Å². The van der Waals surface area contributed by atoms with E-state index in [0.717, 1.165) is 28.7 Å². The van der Waals surface area contributed by atoms with Crippen LogP contribution in [0.5, 0.6) is 0 Å². The first-order chi connectivity index (χ1) is 11.8. The molecule has 0 radical (unpaired) electrons. The molecule has 3 heterocycles. The van der Waals surface area contributed by atoms with Crippen molar-refractivity contribution in [3.63, 3.8) is 0 Å². The first-order valence-corrected chi connectivity index (χ1v) is 8.91. The van der Waals surface area contributed by atoms with Gasteiger partial charge in [-0.2, -0.15) is 4.52 Å². The molecule has 3 aromatic heterocycles. The van der Waals surface area contributed by atoms with Gasteiger partial charge < -0.3 is 0 Å². The van der Waals surface area contributed by atoms with Crippen LogP contribution in [-0.2, 0) is 6.42 Å². The lowest BCUT2D eigenvalue weighted by Crippen LogP contribution is -2.22. The number of nitrogens with zero attached hydrogens (tertiary/aromatic N) is 5. The van der Waals surface area contributed by atoms with E-state index in [1.165, 1.54) is 16.9 Å². The second-order valence-electron chi connectivity index (χ2n) is 6.28. The van der Waals surface area contributed by atoms with Crippen LogP contribution in [0.3, 0.4) is 0 Å². The number of para-hydroxylation sites is 1. The number of fused-ring (bicyclic) bond motifs is 5. The molecule has 5 rings (SSSR count). The molecule has 7 heteroatoms. The summed E-state index contributed by atoms with van der Waals surface area (Å²) in [4.78, 5) is 15.6. The summed E-state index contributed by atoms with van der Waals surface area (Å²) in [7, 11) is 0. The SMILES string of the molecule is CC1CCCc2sc3c(c21)c(=O)n(-c1ccccc1)c1nnnn31. The second kappa shape index (κ2) is 4.98. The van der Waals surface area contributed by atoms with Crippen molar-refractivity contribution in [2.45, 2.75) is 32.1 Å². The Balaban J connectivity index is 2.00. The normalized spacial score (nSPS) is 17.5. The van der Waals surface area contributed by atoms with Gasteiger partial charge >= 0.3 is 0 Å². The maximum atomic E-state index is 13.4. The molecule has 1 aliphatic rings. The van der Waals surface area contributed by atoms with Crippen molar-refractivity contribution in [3.05, 3.63) is 51.1 Å². The molecular weight excluding hydrogens is 322 g/mol. The largest absolute Gasteiger partial charge is 0.268 e. The lowest BCUT2D eigenvalue weighted by molar-refractivity contribution is 0.601. The topological polar surface area (TPSA) is 65.1 Å². The quantitative estimate of drug-likeness (QED) is 0.536. The first-order valence-electron chi connectivity index (χ1n) is 8.09. The van der Waals surface area contributed by atoms with Gasteiger partial charge in [0.15, 0.2) is 0 Å². The highest BCUT2D eigenvalue weighted by Gasteiger charge is 2.27. The summed E-state index contributed by atoms with van der Waals surface area (Å²) in [5, 5.41) is 12.8. The number of hydrogen-bond donors (Lipinski definition) is 0. The molecule has 24 heavy (non-hydrogen) atoms. The fraction of sp³-hybridized carbons (Fsp3) is 0.294. The van der Waals surface area contributed by atoms with Crippen LogP contribution in [-0.4, -0.2) is 24.6 Å². The van der Waals surface area contributed by atoms with Gasteiger partial charge in [-0.25, -0.2) is 4.57 Å². The Hall–Kier alpha value is -2.54. The molecule has 0 N–H and O–H groups in total. The molecular formula is C17H15N5OS. The predicted octanol–water partition coefficient (Wildman–Crippen LogP) is 2.93. The Bertz CT molecular complexity index is 1120. The van der Waals surface area contributed by atoms with E-state index in [9.17, 15) is 4.79 Å². The van der Waals surface area contributed by atoms with Crippen LogP contribution in [0.4, 0.5) is 0 Å². The Morgan fingerprint density at radius 3 is 2.92 bits per heavy atom. The van der Waals surface area contributed by atoms with Gasteiger partial charge in [-0.05, 0) is 53.3 Å². The van der Waals surface area contributed by atoms with E-state index in [0.29, 0.717) is 11.7 Å². The molecule has 0 spiro atoms. The van der Waals surface area contributed by atoms with Gasteiger partial charge in [0, 0.05) is 4.88 Å². The zero-order valence-corrected chi connectivity index (χ0v) is 14.0. The van der Waals surface area contributed by atoms with Crippen LogP contribution in [0, 0.1) is 0 Å². The molecule has 6 nitrogen and oxygen atoms in total. The maximum Gasteiger partial charge on any atom is 0.268 e. The number of tetrazole rings is 1. The van der Waals surface area contributed by atoms with Crippen molar-refractivity contribution < 1.29 is 0 Å². The van der Waals surface area contributed by atoms with Crippen molar-refractivity contribution in [2.75, 3.05) is 0 Å². The molecule has 0 amide bonds. The van der Waals surface area contributed by atoms with E-state index in [1.807, 2.05) is 30.3 Å². The van der Waals surface area contributed by atoms with Crippen LogP contribution in [0.2, 0.25) is 0 Å². The zero-order chi connectivity index (χ0) is 16.3. The highest BCUT2D eigenvalue weighted by Crippen LogP contribution is 2.40. The van der Waals surface area contributed by atoms with Crippen LogP contribution < -0.4 is 5.56 Å². The minimum Gasteiger partial charge on any atom is -0.268 e. The average molecular weight is 337 g/mol. The number of rotatable bonds is 1. The summed E-state index contributed by atoms with van der Waals surface area (Å²) >= 11 is 1.66. The Kier molecular flexibility index (Phi) is 2.87. The third-order valence-corrected chi connectivity index (χ3v) is 6.05. The Labute approximate surface area is 141 Å².